The molecule has 112 valence electrons. The van der Waals surface area contributed by atoms with E-state index in [4.69, 9.17) is 10.9 Å². The van der Waals surface area contributed by atoms with Crippen LogP contribution in [0, 0.1) is 0 Å². The Kier molecular flexibility index (Phi) is 5.57. The highest BCUT2D eigenvalue weighted by Gasteiger charge is 2.39. The molecule has 1 rings (SSSR count). The largest absolute Gasteiger partial charge is 0.409 e. The maximum absolute atomic E-state index is 12.0. The lowest BCUT2D eigenvalue weighted by Gasteiger charge is -2.32. The molecule has 0 aromatic rings. The minimum atomic E-state index is -3.68. The topological polar surface area (TPSA) is 117 Å². The van der Waals surface area contributed by atoms with Crippen LogP contribution in [-0.4, -0.2) is 31.0 Å². The predicted octanol–water partition coefficient (Wildman–Crippen LogP) is 0.658. The molecule has 0 bridgehead atoms. The monoisotopic (exact) mass is 292 g/mol. The Balaban J connectivity index is 2.98. The second-order valence-electron chi connectivity index (χ2n) is 5.36. The zero-order chi connectivity index (χ0) is 14.5. The van der Waals surface area contributed by atoms with E-state index in [1.165, 1.54) is 0 Å². The molecule has 1 saturated carbocycles. The van der Waals surface area contributed by atoms with Gasteiger partial charge in [-0.3, -0.25) is 0 Å². The molecule has 5 N–H and O–H groups in total. The maximum Gasteiger partial charge on any atom is 0.278 e. The zero-order valence-electron chi connectivity index (χ0n) is 11.5. The van der Waals surface area contributed by atoms with Crippen molar-refractivity contribution in [1.29, 1.82) is 0 Å². The van der Waals surface area contributed by atoms with E-state index >= 15 is 0 Å². The molecule has 0 saturated heterocycles. The van der Waals surface area contributed by atoms with Crippen LogP contribution in [0.1, 0.15) is 52.4 Å². The molecule has 0 aromatic heterocycles. The average molecular weight is 292 g/mol. The van der Waals surface area contributed by atoms with Gasteiger partial charge in [-0.25, -0.2) is 0 Å². The molecule has 0 atom stereocenters. The average Bonchev–Trinajstić information content (AvgIpc) is 2.52. The van der Waals surface area contributed by atoms with Crippen molar-refractivity contribution in [2.45, 2.75) is 64.0 Å². The smallest absolute Gasteiger partial charge is 0.278 e. The molecule has 0 aromatic carbocycles. The van der Waals surface area contributed by atoms with Crippen LogP contribution in [0.5, 0.6) is 0 Å². The van der Waals surface area contributed by atoms with Crippen LogP contribution in [0.25, 0.3) is 0 Å². The molecule has 0 aliphatic heterocycles. The highest BCUT2D eigenvalue weighted by Crippen LogP contribution is 2.28. The standard InChI is InChI=1S/C11H24N4O3S/c1-9(2)14-19(17,18)15-11(10(12)13-16)7-5-3-4-6-8-11/h9,14-16H,3-8H2,1-2H3,(H2,12,13). The fourth-order valence-corrected chi connectivity index (χ4v) is 3.94. The van der Waals surface area contributed by atoms with Crippen LogP contribution in [0.4, 0.5) is 0 Å². The van der Waals surface area contributed by atoms with Gasteiger partial charge >= 0.3 is 0 Å². The van der Waals surface area contributed by atoms with E-state index in [-0.39, 0.29) is 11.9 Å². The SMILES string of the molecule is CC(C)NS(=O)(=O)NC1(C(N)=NO)CCCCCC1. The summed E-state index contributed by atoms with van der Waals surface area (Å²) in [5.41, 5.74) is 4.76. The van der Waals surface area contributed by atoms with Crippen LogP contribution in [0.2, 0.25) is 0 Å². The second-order valence-corrected chi connectivity index (χ2v) is 6.81. The quantitative estimate of drug-likeness (QED) is 0.196. The van der Waals surface area contributed by atoms with Crippen molar-refractivity contribution in [3.8, 4) is 0 Å². The van der Waals surface area contributed by atoms with Crippen LogP contribution in [0.3, 0.4) is 0 Å². The predicted molar refractivity (Wildman–Crippen MR) is 74.2 cm³/mol. The van der Waals surface area contributed by atoms with Crippen molar-refractivity contribution in [2.75, 3.05) is 0 Å². The summed E-state index contributed by atoms with van der Waals surface area (Å²) >= 11 is 0. The third-order valence-corrected chi connectivity index (χ3v) is 4.72. The summed E-state index contributed by atoms with van der Waals surface area (Å²) in [4.78, 5) is 0. The first-order chi connectivity index (χ1) is 8.81. The van der Waals surface area contributed by atoms with Crippen molar-refractivity contribution in [2.24, 2.45) is 10.9 Å². The number of hydrogen-bond acceptors (Lipinski definition) is 4. The number of nitrogens with zero attached hydrogens (tertiary/aromatic N) is 1. The van der Waals surface area contributed by atoms with Gasteiger partial charge in [-0.2, -0.15) is 17.9 Å². The molecule has 1 aliphatic carbocycles. The highest BCUT2D eigenvalue weighted by molar-refractivity contribution is 7.87. The lowest BCUT2D eigenvalue weighted by molar-refractivity contribution is 0.305. The molecular formula is C11H24N4O3S. The number of nitrogens with two attached hydrogens (primary N) is 1. The van der Waals surface area contributed by atoms with E-state index in [0.29, 0.717) is 12.8 Å². The summed E-state index contributed by atoms with van der Waals surface area (Å²) < 4.78 is 29.1. The molecule has 19 heavy (non-hydrogen) atoms. The zero-order valence-corrected chi connectivity index (χ0v) is 12.3. The van der Waals surface area contributed by atoms with Gasteiger partial charge < -0.3 is 10.9 Å². The minimum absolute atomic E-state index is 0.0662. The molecule has 7 nitrogen and oxygen atoms in total. The Morgan fingerprint density at radius 2 is 1.79 bits per heavy atom. The number of oxime groups is 1. The third-order valence-electron chi connectivity index (χ3n) is 3.28. The number of rotatable bonds is 5. The molecular weight excluding hydrogens is 268 g/mol. The molecule has 0 radical (unpaired) electrons. The van der Waals surface area contributed by atoms with E-state index < -0.39 is 15.7 Å². The minimum Gasteiger partial charge on any atom is -0.409 e. The van der Waals surface area contributed by atoms with Gasteiger partial charge in [0.2, 0.25) is 0 Å². The summed E-state index contributed by atoms with van der Waals surface area (Å²) in [5.74, 6) is -0.0662. The second kappa shape index (κ2) is 6.53. The lowest BCUT2D eigenvalue weighted by atomic mass is 9.90. The lowest BCUT2D eigenvalue weighted by Crippen LogP contribution is -2.60. The highest BCUT2D eigenvalue weighted by atomic mass is 32.2. The van der Waals surface area contributed by atoms with Crippen LogP contribution in [0.15, 0.2) is 5.16 Å². The van der Waals surface area contributed by atoms with E-state index in [0.717, 1.165) is 25.7 Å². The van der Waals surface area contributed by atoms with Gasteiger partial charge in [0.05, 0.1) is 5.54 Å². The number of amidine groups is 1. The van der Waals surface area contributed by atoms with Gasteiger partial charge in [0.15, 0.2) is 5.84 Å². The first-order valence-corrected chi connectivity index (χ1v) is 8.09. The Bertz CT molecular complexity index is 412. The van der Waals surface area contributed by atoms with E-state index in [2.05, 4.69) is 14.6 Å². The Hall–Kier alpha value is -0.860. The molecule has 0 spiro atoms. The van der Waals surface area contributed by atoms with Crippen molar-refractivity contribution in [3.05, 3.63) is 0 Å². The van der Waals surface area contributed by atoms with Gasteiger partial charge in [0.1, 0.15) is 0 Å². The Morgan fingerprint density at radius 1 is 1.26 bits per heavy atom. The number of nitrogens with one attached hydrogen (secondary N) is 2. The molecule has 0 heterocycles. The van der Waals surface area contributed by atoms with E-state index in [1.54, 1.807) is 13.8 Å². The van der Waals surface area contributed by atoms with Crippen molar-refractivity contribution < 1.29 is 13.6 Å². The van der Waals surface area contributed by atoms with Gasteiger partial charge in [-0.1, -0.05) is 30.8 Å². The molecule has 0 unspecified atom stereocenters. The normalized spacial score (nSPS) is 21.3. The van der Waals surface area contributed by atoms with Crippen LogP contribution >= 0.6 is 0 Å². The molecule has 8 heteroatoms. The fourth-order valence-electron chi connectivity index (χ4n) is 2.44. The van der Waals surface area contributed by atoms with Crippen molar-refractivity contribution in [3.63, 3.8) is 0 Å². The van der Waals surface area contributed by atoms with Gasteiger partial charge in [-0.15, -0.1) is 0 Å². The first-order valence-electron chi connectivity index (χ1n) is 6.60. The summed E-state index contributed by atoms with van der Waals surface area (Å²) in [5, 5.41) is 12.0. The van der Waals surface area contributed by atoms with E-state index in [1.807, 2.05) is 0 Å². The summed E-state index contributed by atoms with van der Waals surface area (Å²) in [7, 11) is -3.68. The fraction of sp³-hybridized carbons (Fsp3) is 0.909. The molecule has 1 fully saturated rings. The van der Waals surface area contributed by atoms with Crippen LogP contribution < -0.4 is 15.2 Å². The third kappa shape index (κ3) is 4.63. The van der Waals surface area contributed by atoms with E-state index in [9.17, 15) is 8.42 Å². The molecule has 1 aliphatic rings. The van der Waals surface area contributed by atoms with Gasteiger partial charge in [-0.05, 0) is 26.7 Å². The van der Waals surface area contributed by atoms with Crippen LogP contribution in [-0.2, 0) is 10.2 Å². The van der Waals surface area contributed by atoms with Crippen molar-refractivity contribution >= 4 is 16.0 Å². The van der Waals surface area contributed by atoms with Gasteiger partial charge in [0, 0.05) is 6.04 Å². The maximum atomic E-state index is 12.0. The summed E-state index contributed by atoms with van der Waals surface area (Å²) in [6.07, 6.45) is 4.84. The van der Waals surface area contributed by atoms with Crippen molar-refractivity contribution in [1.82, 2.24) is 9.44 Å². The summed E-state index contributed by atoms with van der Waals surface area (Å²) in [6, 6.07) is -0.215. The Morgan fingerprint density at radius 3 is 2.21 bits per heavy atom. The van der Waals surface area contributed by atoms with Gasteiger partial charge in [0.25, 0.3) is 10.2 Å². The number of hydrogen-bond donors (Lipinski definition) is 4. The first kappa shape index (κ1) is 16.2. The summed E-state index contributed by atoms with van der Waals surface area (Å²) in [6.45, 7) is 3.48. The molecule has 0 amide bonds. The Labute approximate surface area is 114 Å².